The molecule has 140 valence electrons. The highest BCUT2D eigenvalue weighted by atomic mass is 16.5. The van der Waals surface area contributed by atoms with Crippen molar-refractivity contribution in [3.63, 3.8) is 0 Å². The van der Waals surface area contributed by atoms with E-state index in [0.717, 1.165) is 0 Å². The number of methoxy groups -OCH3 is 1. The van der Waals surface area contributed by atoms with Crippen LogP contribution in [0.5, 0.6) is 5.75 Å². The Bertz CT molecular complexity index is 945. The molecule has 0 aliphatic carbocycles. The summed E-state index contributed by atoms with van der Waals surface area (Å²) in [6.45, 7) is 0.208. The Morgan fingerprint density at radius 3 is 2.59 bits per heavy atom. The van der Waals surface area contributed by atoms with E-state index in [0.29, 0.717) is 22.8 Å². The van der Waals surface area contributed by atoms with Crippen LogP contribution in [-0.2, 0) is 6.54 Å². The zero-order valence-electron chi connectivity index (χ0n) is 14.9. The van der Waals surface area contributed by atoms with Gasteiger partial charge in [-0.1, -0.05) is 0 Å². The molecule has 0 aliphatic rings. The van der Waals surface area contributed by atoms with Crippen LogP contribution < -0.4 is 10.3 Å². The van der Waals surface area contributed by atoms with Crippen LogP contribution >= 0.6 is 0 Å². The summed E-state index contributed by atoms with van der Waals surface area (Å²) in [5, 5.41) is 9.30. The van der Waals surface area contributed by atoms with Gasteiger partial charge in [-0.3, -0.25) is 14.2 Å². The highest BCUT2D eigenvalue weighted by Gasteiger charge is 2.18. The molecule has 1 N–H and O–H groups in total. The largest absolute Gasteiger partial charge is 0.497 e. The minimum absolute atomic E-state index is 0.154. The Morgan fingerprint density at radius 2 is 1.96 bits per heavy atom. The van der Waals surface area contributed by atoms with Crippen LogP contribution in [0.2, 0.25) is 0 Å². The summed E-state index contributed by atoms with van der Waals surface area (Å²) in [5.41, 5.74) is 0.706. The van der Waals surface area contributed by atoms with Crippen molar-refractivity contribution in [3.8, 4) is 11.4 Å². The second-order valence-electron chi connectivity index (χ2n) is 5.85. The second kappa shape index (κ2) is 8.37. The predicted molar refractivity (Wildman–Crippen MR) is 99.1 cm³/mol. The molecule has 0 unspecified atom stereocenters. The molecule has 1 amide bonds. The Morgan fingerprint density at radius 1 is 1.19 bits per heavy atom. The fraction of sp³-hybridized carbons (Fsp3) is 0.200. The number of pyridine rings is 1. The summed E-state index contributed by atoms with van der Waals surface area (Å²) >= 11 is 0. The van der Waals surface area contributed by atoms with Crippen LogP contribution in [0.15, 0.2) is 70.2 Å². The van der Waals surface area contributed by atoms with Crippen molar-refractivity contribution in [1.29, 1.82) is 0 Å². The molecule has 3 rings (SSSR count). The quantitative estimate of drug-likeness (QED) is 0.690. The van der Waals surface area contributed by atoms with E-state index < -0.39 is 0 Å². The minimum Gasteiger partial charge on any atom is -0.497 e. The molecule has 1 aromatic carbocycles. The number of ether oxygens (including phenoxy) is 1. The second-order valence-corrected chi connectivity index (χ2v) is 5.85. The van der Waals surface area contributed by atoms with Gasteiger partial charge in [-0.25, -0.2) is 0 Å². The smallest absolute Gasteiger partial charge is 0.255 e. The standard InChI is InChI=1S/C20H20N2O5/c1-26-17-7-5-16(6-8-17)22-13-15(4-9-19(22)24)20(25)21(10-11-23)14-18-3-2-12-27-18/h2-9,12-13,23H,10-11,14H2,1H3. The van der Waals surface area contributed by atoms with E-state index in [-0.39, 0.29) is 31.2 Å². The number of rotatable bonds is 7. The molecule has 0 saturated heterocycles. The first-order valence-corrected chi connectivity index (χ1v) is 8.42. The van der Waals surface area contributed by atoms with Crippen molar-refractivity contribution in [3.05, 3.63) is 82.7 Å². The third-order valence-corrected chi connectivity index (χ3v) is 4.09. The number of furan rings is 1. The molecular formula is C20H20N2O5. The van der Waals surface area contributed by atoms with Gasteiger partial charge in [0.1, 0.15) is 11.5 Å². The Labute approximate surface area is 156 Å². The number of carbonyl (C=O) groups is 1. The first-order valence-electron chi connectivity index (χ1n) is 8.42. The van der Waals surface area contributed by atoms with Crippen molar-refractivity contribution in [2.75, 3.05) is 20.3 Å². The molecule has 2 heterocycles. The number of carbonyl (C=O) groups excluding carboxylic acids is 1. The topological polar surface area (TPSA) is 84.9 Å². The maximum Gasteiger partial charge on any atom is 0.255 e. The lowest BCUT2D eigenvalue weighted by atomic mass is 10.2. The predicted octanol–water partition coefficient (Wildman–Crippen LogP) is 2.07. The maximum absolute atomic E-state index is 12.9. The summed E-state index contributed by atoms with van der Waals surface area (Å²) in [4.78, 5) is 26.6. The molecular weight excluding hydrogens is 348 g/mol. The molecule has 3 aromatic rings. The molecule has 0 atom stereocenters. The maximum atomic E-state index is 12.9. The number of aliphatic hydroxyl groups is 1. The van der Waals surface area contributed by atoms with Crippen molar-refractivity contribution < 1.29 is 19.1 Å². The Kier molecular flexibility index (Phi) is 5.73. The average Bonchev–Trinajstić information content (AvgIpc) is 3.21. The highest BCUT2D eigenvalue weighted by molar-refractivity contribution is 5.94. The van der Waals surface area contributed by atoms with Gasteiger partial charge in [0.05, 0.1) is 32.1 Å². The van der Waals surface area contributed by atoms with Gasteiger partial charge in [0.15, 0.2) is 0 Å². The van der Waals surface area contributed by atoms with E-state index in [1.807, 2.05) is 0 Å². The molecule has 7 heteroatoms. The van der Waals surface area contributed by atoms with Gasteiger partial charge in [-0.2, -0.15) is 0 Å². The number of nitrogens with zero attached hydrogens (tertiary/aromatic N) is 2. The van der Waals surface area contributed by atoms with Crippen LogP contribution in [0.1, 0.15) is 16.1 Å². The van der Waals surface area contributed by atoms with E-state index in [2.05, 4.69) is 0 Å². The van der Waals surface area contributed by atoms with Crippen molar-refractivity contribution in [2.45, 2.75) is 6.54 Å². The average molecular weight is 368 g/mol. The fourth-order valence-corrected chi connectivity index (χ4v) is 2.70. The molecule has 27 heavy (non-hydrogen) atoms. The molecule has 0 radical (unpaired) electrons. The molecule has 2 aromatic heterocycles. The number of aromatic nitrogens is 1. The Hall–Kier alpha value is -3.32. The first kappa shape index (κ1) is 18.5. The van der Waals surface area contributed by atoms with E-state index in [9.17, 15) is 14.7 Å². The van der Waals surface area contributed by atoms with Gasteiger partial charge in [0, 0.05) is 24.5 Å². The SMILES string of the molecule is COc1ccc(-n2cc(C(=O)N(CCO)Cc3ccco3)ccc2=O)cc1. The fourth-order valence-electron chi connectivity index (χ4n) is 2.70. The lowest BCUT2D eigenvalue weighted by Crippen LogP contribution is -2.33. The zero-order chi connectivity index (χ0) is 19.2. The third kappa shape index (κ3) is 4.27. The third-order valence-electron chi connectivity index (χ3n) is 4.09. The van der Waals surface area contributed by atoms with E-state index >= 15 is 0 Å². The molecule has 0 spiro atoms. The molecule has 0 fully saturated rings. The number of hydrogen-bond acceptors (Lipinski definition) is 5. The first-order chi connectivity index (χ1) is 13.1. The van der Waals surface area contributed by atoms with Crippen LogP contribution in [0.4, 0.5) is 0 Å². The van der Waals surface area contributed by atoms with E-state index in [4.69, 9.17) is 9.15 Å². The number of aliphatic hydroxyl groups excluding tert-OH is 1. The zero-order valence-corrected chi connectivity index (χ0v) is 14.9. The van der Waals surface area contributed by atoms with Gasteiger partial charge in [0.25, 0.3) is 11.5 Å². The summed E-state index contributed by atoms with van der Waals surface area (Å²) in [5.74, 6) is 0.981. The van der Waals surface area contributed by atoms with Gasteiger partial charge in [-0.15, -0.1) is 0 Å². The van der Waals surface area contributed by atoms with Crippen molar-refractivity contribution in [2.24, 2.45) is 0 Å². The Balaban J connectivity index is 1.90. The van der Waals surface area contributed by atoms with Crippen molar-refractivity contribution >= 4 is 5.91 Å². The normalized spacial score (nSPS) is 10.6. The van der Waals surface area contributed by atoms with Gasteiger partial charge in [0.2, 0.25) is 0 Å². The molecule has 0 bridgehead atoms. The summed E-state index contributed by atoms with van der Waals surface area (Å²) in [7, 11) is 1.56. The van der Waals surface area contributed by atoms with Gasteiger partial charge in [-0.05, 0) is 42.5 Å². The van der Waals surface area contributed by atoms with Gasteiger partial charge >= 0.3 is 0 Å². The van der Waals surface area contributed by atoms with Crippen LogP contribution in [-0.4, -0.2) is 40.7 Å². The van der Waals surface area contributed by atoms with Gasteiger partial charge < -0.3 is 19.2 Å². The van der Waals surface area contributed by atoms with Crippen molar-refractivity contribution in [1.82, 2.24) is 9.47 Å². The lowest BCUT2D eigenvalue weighted by molar-refractivity contribution is 0.0694. The monoisotopic (exact) mass is 368 g/mol. The number of hydrogen-bond donors (Lipinski definition) is 1. The van der Waals surface area contributed by atoms with E-state index in [1.165, 1.54) is 34.1 Å². The molecule has 0 aliphatic heterocycles. The summed E-state index contributed by atoms with van der Waals surface area (Å²) in [6, 6.07) is 13.3. The highest BCUT2D eigenvalue weighted by Crippen LogP contribution is 2.15. The summed E-state index contributed by atoms with van der Waals surface area (Å²) in [6.07, 6.45) is 3.03. The lowest BCUT2D eigenvalue weighted by Gasteiger charge is -2.21. The molecule has 0 saturated carbocycles. The number of amides is 1. The van der Waals surface area contributed by atoms with Crippen LogP contribution in [0.25, 0.3) is 5.69 Å². The van der Waals surface area contributed by atoms with Crippen LogP contribution in [0, 0.1) is 0 Å². The summed E-state index contributed by atoms with van der Waals surface area (Å²) < 4.78 is 11.8. The molecule has 7 nitrogen and oxygen atoms in total. The van der Waals surface area contributed by atoms with E-state index in [1.54, 1.807) is 43.5 Å². The number of benzene rings is 1. The minimum atomic E-state index is -0.303. The van der Waals surface area contributed by atoms with Crippen LogP contribution in [0.3, 0.4) is 0 Å².